The van der Waals surface area contributed by atoms with Gasteiger partial charge < -0.3 is 0 Å². The second kappa shape index (κ2) is 4.26. The molecule has 0 saturated heterocycles. The van der Waals surface area contributed by atoms with E-state index >= 15 is 0 Å². The fourth-order valence-corrected chi connectivity index (χ4v) is 1.63. The zero-order chi connectivity index (χ0) is 6.57. The molecule has 0 aromatic carbocycles. The Morgan fingerprint density at radius 2 is 2.12 bits per heavy atom. The van der Waals surface area contributed by atoms with Crippen molar-refractivity contribution in [3.8, 4) is 0 Å². The summed E-state index contributed by atoms with van der Waals surface area (Å²) < 4.78 is 12.4. The molecule has 0 bridgehead atoms. The molecule has 0 rings (SSSR count). The molecular weight excluding hydrogens is 122 g/mol. The minimum Gasteiger partial charge on any atom is -0.247 e. The molecule has 0 aliphatic carbocycles. The van der Waals surface area contributed by atoms with Crippen molar-refractivity contribution in [2.24, 2.45) is 0 Å². The molecule has 50 valence electrons. The Morgan fingerprint density at radius 1 is 1.62 bits per heavy atom. The Bertz CT molecular complexity index is 50.5. The van der Waals surface area contributed by atoms with Crippen LogP contribution in [0.2, 0.25) is 0 Å². The van der Waals surface area contributed by atoms with Gasteiger partial charge in [-0.1, -0.05) is 6.92 Å². The molecule has 0 aliphatic rings. The van der Waals surface area contributed by atoms with E-state index in [1.54, 1.807) is 6.92 Å². The molecule has 0 N–H and O–H groups in total. The molecule has 2 heteroatoms. The van der Waals surface area contributed by atoms with Crippen LogP contribution in [0, 0.1) is 0 Å². The Hall–Kier alpha value is 0.360. The van der Waals surface area contributed by atoms with Gasteiger partial charge in [0.2, 0.25) is 0 Å². The van der Waals surface area contributed by atoms with Gasteiger partial charge in [-0.15, -0.1) is 8.58 Å². The van der Waals surface area contributed by atoms with Crippen molar-refractivity contribution in [2.75, 3.05) is 6.66 Å². The molecule has 0 aliphatic heterocycles. The summed E-state index contributed by atoms with van der Waals surface area (Å²) in [7, 11) is 0.754. The molecule has 8 heavy (non-hydrogen) atoms. The molecule has 0 aromatic heterocycles. The summed E-state index contributed by atoms with van der Waals surface area (Å²) >= 11 is 0. The third kappa shape index (κ3) is 2.61. The van der Waals surface area contributed by atoms with Gasteiger partial charge in [0, 0.05) is 5.66 Å². The van der Waals surface area contributed by atoms with Gasteiger partial charge >= 0.3 is 0 Å². The maximum absolute atomic E-state index is 12.4. The van der Waals surface area contributed by atoms with E-state index in [0.717, 1.165) is 15.0 Å². The molecule has 0 saturated carbocycles. The molecule has 3 unspecified atom stereocenters. The summed E-state index contributed by atoms with van der Waals surface area (Å²) in [5.74, 6) is 0. The normalized spacial score (nSPS) is 19.5. The van der Waals surface area contributed by atoms with E-state index in [-0.39, 0.29) is 0 Å². The van der Waals surface area contributed by atoms with Crippen LogP contribution in [0.3, 0.4) is 0 Å². The second-order valence-electron chi connectivity index (χ2n) is 1.98. The lowest BCUT2D eigenvalue weighted by molar-refractivity contribution is 0.346. The van der Waals surface area contributed by atoms with Crippen molar-refractivity contribution in [2.45, 2.75) is 32.1 Å². The van der Waals surface area contributed by atoms with Gasteiger partial charge in [0.15, 0.2) is 0 Å². The number of alkyl halides is 1. The Labute approximate surface area is 52.6 Å². The Kier molecular flexibility index (Phi) is 4.45. The van der Waals surface area contributed by atoms with Crippen LogP contribution in [0.15, 0.2) is 0 Å². The highest BCUT2D eigenvalue weighted by Gasteiger charge is 2.10. The van der Waals surface area contributed by atoms with Gasteiger partial charge in [-0.3, -0.25) is 0 Å². The predicted molar refractivity (Wildman–Crippen MR) is 38.9 cm³/mol. The fourth-order valence-electron chi connectivity index (χ4n) is 0.759. The number of rotatable bonds is 3. The van der Waals surface area contributed by atoms with Gasteiger partial charge in [-0.2, -0.15) is 0 Å². The van der Waals surface area contributed by atoms with Crippen LogP contribution in [0.25, 0.3) is 0 Å². The number of hydrogen-bond acceptors (Lipinski definition) is 0. The minimum absolute atomic E-state index is 0.315. The topological polar surface area (TPSA) is 0 Å². The standard InChI is InChI=1S/C6H14FP/c1-4-6(8-3)5(2)7/h5-6,8H,4H2,1-3H3. The van der Waals surface area contributed by atoms with Crippen LogP contribution in [0.1, 0.15) is 20.3 Å². The zero-order valence-electron chi connectivity index (χ0n) is 5.74. The van der Waals surface area contributed by atoms with Crippen molar-refractivity contribution >= 4 is 8.58 Å². The first-order valence-corrected chi connectivity index (χ1v) is 4.61. The molecule has 0 aromatic rings. The largest absolute Gasteiger partial charge is 0.247 e. The predicted octanol–water partition coefficient (Wildman–Crippen LogP) is 2.43. The molecule has 0 amide bonds. The molecule has 3 atom stereocenters. The monoisotopic (exact) mass is 136 g/mol. The molecule has 0 heterocycles. The average molecular weight is 136 g/mol. The van der Waals surface area contributed by atoms with Crippen LogP contribution in [0.5, 0.6) is 0 Å². The van der Waals surface area contributed by atoms with Gasteiger partial charge in [0.05, 0.1) is 0 Å². The first-order valence-electron chi connectivity index (χ1n) is 3.03. The summed E-state index contributed by atoms with van der Waals surface area (Å²) in [4.78, 5) is 0. The lowest BCUT2D eigenvalue weighted by Gasteiger charge is -2.11. The average Bonchev–Trinajstić information content (AvgIpc) is 1.69. The van der Waals surface area contributed by atoms with Gasteiger partial charge in [0.1, 0.15) is 6.17 Å². The summed E-state index contributed by atoms with van der Waals surface area (Å²) in [5.41, 5.74) is 0.315. The van der Waals surface area contributed by atoms with Crippen LogP contribution in [-0.4, -0.2) is 18.5 Å². The zero-order valence-corrected chi connectivity index (χ0v) is 6.74. The smallest absolute Gasteiger partial charge is 0.104 e. The Balaban J connectivity index is 3.35. The molecule has 0 spiro atoms. The van der Waals surface area contributed by atoms with E-state index in [0.29, 0.717) is 5.66 Å². The maximum atomic E-state index is 12.4. The first kappa shape index (κ1) is 8.36. The van der Waals surface area contributed by atoms with E-state index in [1.165, 1.54) is 0 Å². The third-order valence-corrected chi connectivity index (χ3v) is 2.97. The quantitative estimate of drug-likeness (QED) is 0.523. The highest BCUT2D eigenvalue weighted by molar-refractivity contribution is 7.38. The van der Waals surface area contributed by atoms with Gasteiger partial charge in [-0.05, 0) is 20.0 Å². The first-order chi connectivity index (χ1) is 3.72. The van der Waals surface area contributed by atoms with E-state index in [9.17, 15) is 4.39 Å². The SMILES string of the molecule is CCC(PC)C(C)F. The summed E-state index contributed by atoms with van der Waals surface area (Å²) in [6.07, 6.45) is 0.371. The molecular formula is C6H14FP. The van der Waals surface area contributed by atoms with Crippen LogP contribution >= 0.6 is 8.58 Å². The molecule has 0 radical (unpaired) electrons. The lowest BCUT2D eigenvalue weighted by Crippen LogP contribution is -2.11. The van der Waals surface area contributed by atoms with E-state index < -0.39 is 6.17 Å². The van der Waals surface area contributed by atoms with Crippen LogP contribution in [0.4, 0.5) is 4.39 Å². The number of hydrogen-bond donors (Lipinski definition) is 0. The van der Waals surface area contributed by atoms with Crippen molar-refractivity contribution in [1.29, 1.82) is 0 Å². The van der Waals surface area contributed by atoms with Crippen molar-refractivity contribution in [1.82, 2.24) is 0 Å². The van der Waals surface area contributed by atoms with Crippen molar-refractivity contribution in [3.05, 3.63) is 0 Å². The van der Waals surface area contributed by atoms with Gasteiger partial charge in [0.25, 0.3) is 0 Å². The van der Waals surface area contributed by atoms with Crippen molar-refractivity contribution in [3.63, 3.8) is 0 Å². The summed E-state index contributed by atoms with van der Waals surface area (Å²) in [6.45, 7) is 5.74. The molecule has 0 nitrogen and oxygen atoms in total. The second-order valence-corrected chi connectivity index (χ2v) is 3.30. The van der Waals surface area contributed by atoms with Crippen molar-refractivity contribution < 1.29 is 4.39 Å². The maximum Gasteiger partial charge on any atom is 0.104 e. The molecule has 0 fully saturated rings. The highest BCUT2D eigenvalue weighted by atomic mass is 31.1. The third-order valence-electron chi connectivity index (χ3n) is 1.37. The Morgan fingerprint density at radius 3 is 2.12 bits per heavy atom. The van der Waals surface area contributed by atoms with E-state index in [4.69, 9.17) is 0 Å². The fraction of sp³-hybridized carbons (Fsp3) is 1.00. The summed E-state index contributed by atoms with van der Waals surface area (Å²) in [6, 6.07) is 0. The van der Waals surface area contributed by atoms with Gasteiger partial charge in [-0.25, -0.2) is 4.39 Å². The lowest BCUT2D eigenvalue weighted by atomic mass is 10.2. The van der Waals surface area contributed by atoms with E-state index in [2.05, 4.69) is 6.66 Å². The van der Waals surface area contributed by atoms with Crippen LogP contribution < -0.4 is 0 Å². The number of halogens is 1. The minimum atomic E-state index is -0.608. The highest BCUT2D eigenvalue weighted by Crippen LogP contribution is 2.22. The van der Waals surface area contributed by atoms with E-state index in [1.807, 2.05) is 6.92 Å². The summed E-state index contributed by atoms with van der Waals surface area (Å²) in [5, 5.41) is 0. The van der Waals surface area contributed by atoms with Crippen LogP contribution in [-0.2, 0) is 0 Å².